The zero-order valence-corrected chi connectivity index (χ0v) is 11.2. The van der Waals surface area contributed by atoms with Gasteiger partial charge in [-0.05, 0) is 37.2 Å². The summed E-state index contributed by atoms with van der Waals surface area (Å²) in [6.45, 7) is 0. The minimum atomic E-state index is -0.431. The van der Waals surface area contributed by atoms with E-state index in [0.29, 0.717) is 12.0 Å². The van der Waals surface area contributed by atoms with Gasteiger partial charge < -0.3 is 5.32 Å². The van der Waals surface area contributed by atoms with Crippen LogP contribution < -0.4 is 5.32 Å². The molecule has 0 saturated carbocycles. The Hall–Kier alpha value is -1.45. The van der Waals surface area contributed by atoms with E-state index in [0.717, 1.165) is 5.56 Å². The third-order valence-corrected chi connectivity index (χ3v) is 3.33. The molecule has 0 aliphatic rings. The van der Waals surface area contributed by atoms with Crippen LogP contribution in [0.25, 0.3) is 0 Å². The van der Waals surface area contributed by atoms with Crippen molar-refractivity contribution in [1.29, 1.82) is 0 Å². The van der Waals surface area contributed by atoms with Crippen LogP contribution in [-0.4, -0.2) is 7.05 Å². The van der Waals surface area contributed by atoms with E-state index in [2.05, 4.69) is 5.32 Å². The highest BCUT2D eigenvalue weighted by atomic mass is 35.5. The molecule has 2 aromatic rings. The summed E-state index contributed by atoms with van der Waals surface area (Å²) in [4.78, 5) is 0. The highest BCUT2D eigenvalue weighted by Crippen LogP contribution is 2.25. The quantitative estimate of drug-likeness (QED) is 0.889. The fourth-order valence-electron chi connectivity index (χ4n) is 2.06. The lowest BCUT2D eigenvalue weighted by atomic mass is 9.98. The van der Waals surface area contributed by atoms with Crippen LogP contribution in [0.1, 0.15) is 17.2 Å². The van der Waals surface area contributed by atoms with Crippen molar-refractivity contribution in [2.24, 2.45) is 0 Å². The number of rotatable bonds is 4. The van der Waals surface area contributed by atoms with Crippen molar-refractivity contribution < 1.29 is 8.78 Å². The summed E-state index contributed by atoms with van der Waals surface area (Å²) in [5, 5.41) is 3.13. The van der Waals surface area contributed by atoms with Crippen molar-refractivity contribution in [3.63, 3.8) is 0 Å². The highest BCUT2D eigenvalue weighted by Gasteiger charge is 2.16. The zero-order valence-electron chi connectivity index (χ0n) is 10.5. The maximum atomic E-state index is 14.0. The Morgan fingerprint density at radius 3 is 2.58 bits per heavy atom. The van der Waals surface area contributed by atoms with E-state index in [4.69, 9.17) is 11.6 Å². The largest absolute Gasteiger partial charge is 0.313 e. The molecule has 2 rings (SSSR count). The van der Waals surface area contributed by atoms with Crippen LogP contribution >= 0.6 is 11.6 Å². The Kier molecular flexibility index (Phi) is 4.51. The summed E-state index contributed by atoms with van der Waals surface area (Å²) in [6.07, 6.45) is 0.492. The molecule has 1 nitrogen and oxygen atoms in total. The normalized spacial score (nSPS) is 12.4. The summed E-state index contributed by atoms with van der Waals surface area (Å²) < 4.78 is 27.1. The smallest absolute Gasteiger partial charge is 0.146 e. The van der Waals surface area contributed by atoms with Gasteiger partial charge in [0.05, 0.1) is 5.02 Å². The molecule has 0 amide bonds. The first kappa shape index (κ1) is 14.0. The fraction of sp³-hybridized carbons (Fsp3) is 0.200. The van der Waals surface area contributed by atoms with E-state index < -0.39 is 5.82 Å². The van der Waals surface area contributed by atoms with Crippen LogP contribution in [-0.2, 0) is 6.42 Å². The van der Waals surface area contributed by atoms with Gasteiger partial charge >= 0.3 is 0 Å². The van der Waals surface area contributed by atoms with Crippen LogP contribution in [0.5, 0.6) is 0 Å². The predicted octanol–water partition coefficient (Wildman–Crippen LogP) is 4.12. The minimum Gasteiger partial charge on any atom is -0.313 e. The molecule has 19 heavy (non-hydrogen) atoms. The Morgan fingerprint density at radius 1 is 1.16 bits per heavy atom. The third-order valence-electron chi connectivity index (χ3n) is 3.03. The molecule has 1 unspecified atom stereocenters. The molecule has 100 valence electrons. The average molecular weight is 282 g/mol. The van der Waals surface area contributed by atoms with Gasteiger partial charge in [0.15, 0.2) is 0 Å². The van der Waals surface area contributed by atoms with E-state index in [1.807, 2.05) is 6.07 Å². The second-order valence-corrected chi connectivity index (χ2v) is 4.73. The lowest BCUT2D eigenvalue weighted by molar-refractivity contribution is 0.532. The summed E-state index contributed by atoms with van der Waals surface area (Å²) in [5.41, 5.74) is 1.29. The Labute approximate surface area is 116 Å². The topological polar surface area (TPSA) is 12.0 Å². The van der Waals surface area contributed by atoms with Crippen molar-refractivity contribution in [2.45, 2.75) is 12.5 Å². The number of likely N-dealkylation sites (N-methyl/N-ethyl adjacent to an activating group) is 1. The molecular weight excluding hydrogens is 268 g/mol. The van der Waals surface area contributed by atoms with Crippen molar-refractivity contribution in [3.05, 3.63) is 70.2 Å². The van der Waals surface area contributed by atoms with Crippen molar-refractivity contribution in [3.8, 4) is 0 Å². The number of halogens is 3. The molecule has 0 spiro atoms. The van der Waals surface area contributed by atoms with Crippen molar-refractivity contribution >= 4 is 11.6 Å². The Balaban J connectivity index is 2.28. The number of nitrogens with one attached hydrogen (secondary N) is 1. The zero-order chi connectivity index (χ0) is 13.8. The lowest BCUT2D eigenvalue weighted by Crippen LogP contribution is -2.20. The van der Waals surface area contributed by atoms with E-state index in [1.54, 1.807) is 25.2 Å². The van der Waals surface area contributed by atoms with Gasteiger partial charge in [0.2, 0.25) is 0 Å². The SMILES string of the molecule is CNC(Cc1cccc(F)c1)c1cccc(Cl)c1F. The van der Waals surface area contributed by atoms with Gasteiger partial charge in [0, 0.05) is 11.6 Å². The second kappa shape index (κ2) is 6.13. The molecule has 0 saturated heterocycles. The van der Waals surface area contributed by atoms with Gasteiger partial charge in [-0.2, -0.15) is 0 Å². The third kappa shape index (κ3) is 3.31. The standard InChI is InChI=1S/C15H14ClF2N/c1-19-14(9-10-4-2-5-11(17)8-10)12-6-3-7-13(16)15(12)18/h2-8,14,19H,9H2,1H3. The van der Waals surface area contributed by atoms with Gasteiger partial charge in [-0.3, -0.25) is 0 Å². The van der Waals surface area contributed by atoms with E-state index in [9.17, 15) is 8.78 Å². The van der Waals surface area contributed by atoms with E-state index in [1.165, 1.54) is 18.2 Å². The number of hydrogen-bond donors (Lipinski definition) is 1. The molecule has 0 aliphatic carbocycles. The number of benzene rings is 2. The molecule has 0 radical (unpaired) electrons. The highest BCUT2D eigenvalue weighted by molar-refractivity contribution is 6.30. The van der Waals surface area contributed by atoms with Crippen molar-refractivity contribution in [1.82, 2.24) is 5.32 Å². The monoisotopic (exact) mass is 281 g/mol. The average Bonchev–Trinajstić information content (AvgIpc) is 2.40. The molecule has 0 fully saturated rings. The number of hydrogen-bond acceptors (Lipinski definition) is 1. The first-order valence-corrected chi connectivity index (χ1v) is 6.35. The van der Waals surface area contributed by atoms with E-state index >= 15 is 0 Å². The molecule has 2 aromatic carbocycles. The maximum absolute atomic E-state index is 14.0. The van der Waals surface area contributed by atoms with Gasteiger partial charge in [-0.1, -0.05) is 35.9 Å². The van der Waals surface area contributed by atoms with Gasteiger partial charge in [0.1, 0.15) is 11.6 Å². The minimum absolute atomic E-state index is 0.0944. The molecule has 0 bridgehead atoms. The second-order valence-electron chi connectivity index (χ2n) is 4.32. The van der Waals surface area contributed by atoms with E-state index in [-0.39, 0.29) is 16.9 Å². The maximum Gasteiger partial charge on any atom is 0.146 e. The van der Waals surface area contributed by atoms with Crippen LogP contribution in [0.3, 0.4) is 0 Å². The van der Waals surface area contributed by atoms with Crippen molar-refractivity contribution in [2.75, 3.05) is 7.05 Å². The lowest BCUT2D eigenvalue weighted by Gasteiger charge is -2.18. The van der Waals surface area contributed by atoms with Gasteiger partial charge in [-0.15, -0.1) is 0 Å². The summed E-state index contributed by atoms with van der Waals surface area (Å²) in [7, 11) is 1.74. The van der Waals surface area contributed by atoms with Crippen LogP contribution in [0.2, 0.25) is 5.02 Å². The molecule has 1 N–H and O–H groups in total. The first-order chi connectivity index (χ1) is 9.11. The summed E-state index contributed by atoms with van der Waals surface area (Å²) in [5.74, 6) is -0.723. The molecule has 0 heterocycles. The van der Waals surface area contributed by atoms with Crippen LogP contribution in [0.4, 0.5) is 8.78 Å². The Bertz CT molecular complexity index is 572. The Morgan fingerprint density at radius 2 is 1.89 bits per heavy atom. The fourth-order valence-corrected chi connectivity index (χ4v) is 2.24. The van der Waals surface area contributed by atoms with Gasteiger partial charge in [0.25, 0.3) is 0 Å². The van der Waals surface area contributed by atoms with Crippen LogP contribution in [0.15, 0.2) is 42.5 Å². The first-order valence-electron chi connectivity index (χ1n) is 5.97. The van der Waals surface area contributed by atoms with Crippen LogP contribution in [0, 0.1) is 11.6 Å². The molecule has 0 aromatic heterocycles. The molecule has 1 atom stereocenters. The molecular formula is C15H14ClF2N. The summed E-state index contributed by atoms with van der Waals surface area (Å²) >= 11 is 5.78. The molecule has 0 aliphatic heterocycles. The predicted molar refractivity (Wildman–Crippen MR) is 73.3 cm³/mol. The molecule has 4 heteroatoms. The van der Waals surface area contributed by atoms with Gasteiger partial charge in [-0.25, -0.2) is 8.78 Å². The summed E-state index contributed by atoms with van der Waals surface area (Å²) in [6, 6.07) is 10.9.